The molecule has 1 rings (SSSR count). The number of carbonyl (C=O) groups is 2. The van der Waals surface area contributed by atoms with Gasteiger partial charge in [-0.05, 0) is 64.1 Å². The van der Waals surface area contributed by atoms with E-state index < -0.39 is 6.09 Å². The number of likely N-dealkylation sites (tertiary alicyclic amines) is 1. The van der Waals surface area contributed by atoms with Gasteiger partial charge in [-0.3, -0.25) is 4.79 Å². The highest BCUT2D eigenvalue weighted by molar-refractivity contribution is 5.69. The molecule has 6 heteroatoms. The Hall–Kier alpha value is -1.30. The van der Waals surface area contributed by atoms with Crippen molar-refractivity contribution in [3.05, 3.63) is 0 Å². The van der Waals surface area contributed by atoms with Crippen LogP contribution in [0.3, 0.4) is 0 Å². The maximum absolute atomic E-state index is 11.8. The van der Waals surface area contributed by atoms with Crippen LogP contribution in [0.1, 0.15) is 162 Å². The first kappa shape index (κ1) is 36.7. The van der Waals surface area contributed by atoms with Crippen molar-refractivity contribution in [1.29, 1.82) is 0 Å². The fourth-order valence-corrected chi connectivity index (χ4v) is 5.86. The predicted octanol–water partition coefficient (Wildman–Crippen LogP) is 9.45. The SMILES string of the molecule is CCCCCCCCCCCCCCN(CCCCCCCC(=O)OCCCCC)CCC1CCN(C(=O)O)C1. The van der Waals surface area contributed by atoms with E-state index in [0.717, 1.165) is 58.0 Å². The standard InChI is InChI=1S/C34H66N2O4/c1-3-5-7-8-9-10-11-12-13-14-17-20-26-35(28-24-32-25-29-36(31-32)34(38)39)27-21-18-15-16-19-23-33(37)40-30-22-6-4-2/h32H,3-31H2,1-2H3,(H,38,39). The number of carboxylic acid groups (broad SMARTS) is 1. The van der Waals surface area contributed by atoms with E-state index in [1.165, 1.54) is 103 Å². The van der Waals surface area contributed by atoms with E-state index in [4.69, 9.17) is 4.74 Å². The average molecular weight is 567 g/mol. The molecule has 1 fully saturated rings. The van der Waals surface area contributed by atoms with Crippen LogP contribution in [0.2, 0.25) is 0 Å². The largest absolute Gasteiger partial charge is 0.466 e. The monoisotopic (exact) mass is 567 g/mol. The Labute approximate surface area is 248 Å². The predicted molar refractivity (Wildman–Crippen MR) is 168 cm³/mol. The number of rotatable bonds is 28. The molecule has 1 atom stereocenters. The summed E-state index contributed by atoms with van der Waals surface area (Å²) in [4.78, 5) is 27.3. The van der Waals surface area contributed by atoms with Gasteiger partial charge in [0.05, 0.1) is 6.61 Å². The smallest absolute Gasteiger partial charge is 0.407 e. The van der Waals surface area contributed by atoms with Crippen LogP contribution in [0.25, 0.3) is 0 Å². The van der Waals surface area contributed by atoms with Gasteiger partial charge < -0.3 is 19.6 Å². The second-order valence-electron chi connectivity index (χ2n) is 12.3. The highest BCUT2D eigenvalue weighted by Crippen LogP contribution is 2.20. The van der Waals surface area contributed by atoms with Gasteiger partial charge in [0.1, 0.15) is 0 Å². The van der Waals surface area contributed by atoms with Gasteiger partial charge in [-0.1, -0.05) is 117 Å². The topological polar surface area (TPSA) is 70.1 Å². The van der Waals surface area contributed by atoms with E-state index in [9.17, 15) is 14.7 Å². The van der Waals surface area contributed by atoms with Crippen LogP contribution in [-0.4, -0.2) is 66.3 Å². The summed E-state index contributed by atoms with van der Waals surface area (Å²) in [6, 6.07) is 0. The highest BCUT2D eigenvalue weighted by atomic mass is 16.5. The minimum atomic E-state index is -0.763. The first-order valence-electron chi connectivity index (χ1n) is 17.4. The van der Waals surface area contributed by atoms with Crippen LogP contribution in [0, 0.1) is 5.92 Å². The zero-order valence-electron chi connectivity index (χ0n) is 26.6. The Morgan fingerprint density at radius 1 is 0.700 bits per heavy atom. The van der Waals surface area contributed by atoms with E-state index in [1.807, 2.05) is 0 Å². The van der Waals surface area contributed by atoms with Crippen LogP contribution < -0.4 is 0 Å². The average Bonchev–Trinajstić information content (AvgIpc) is 3.43. The number of ether oxygens (including phenoxy) is 1. The number of carbonyl (C=O) groups excluding carboxylic acids is 1. The molecule has 0 saturated carbocycles. The maximum Gasteiger partial charge on any atom is 0.407 e. The second-order valence-corrected chi connectivity index (χ2v) is 12.3. The fraction of sp³-hybridized carbons (Fsp3) is 0.941. The van der Waals surface area contributed by atoms with Crippen LogP contribution in [-0.2, 0) is 9.53 Å². The van der Waals surface area contributed by atoms with Gasteiger partial charge in [0.2, 0.25) is 0 Å². The lowest BCUT2D eigenvalue weighted by Gasteiger charge is -2.24. The summed E-state index contributed by atoms with van der Waals surface area (Å²) in [6.45, 7) is 9.85. The van der Waals surface area contributed by atoms with E-state index in [1.54, 1.807) is 4.90 Å². The molecule has 0 aromatic heterocycles. The number of hydrogen-bond donors (Lipinski definition) is 1. The zero-order valence-corrected chi connectivity index (χ0v) is 26.6. The molecule has 1 saturated heterocycles. The third-order valence-corrected chi connectivity index (χ3v) is 8.60. The van der Waals surface area contributed by atoms with Gasteiger partial charge in [-0.2, -0.15) is 0 Å². The van der Waals surface area contributed by atoms with E-state index in [-0.39, 0.29) is 5.97 Å². The van der Waals surface area contributed by atoms with Crippen LogP contribution in [0.5, 0.6) is 0 Å². The lowest BCUT2D eigenvalue weighted by molar-refractivity contribution is -0.143. The van der Waals surface area contributed by atoms with Crippen LogP contribution >= 0.6 is 0 Å². The fourth-order valence-electron chi connectivity index (χ4n) is 5.86. The Bertz CT molecular complexity index is 600. The van der Waals surface area contributed by atoms with E-state index in [2.05, 4.69) is 18.7 Å². The van der Waals surface area contributed by atoms with Crippen LogP contribution in [0.4, 0.5) is 4.79 Å². The number of hydrogen-bond acceptors (Lipinski definition) is 4. The van der Waals surface area contributed by atoms with E-state index >= 15 is 0 Å². The molecule has 0 aromatic carbocycles. The molecular weight excluding hydrogens is 500 g/mol. The first-order chi connectivity index (χ1) is 19.6. The van der Waals surface area contributed by atoms with Gasteiger partial charge in [0.15, 0.2) is 0 Å². The normalized spacial score (nSPS) is 15.3. The zero-order chi connectivity index (χ0) is 29.1. The number of unbranched alkanes of at least 4 members (excludes halogenated alkanes) is 17. The molecule has 1 aliphatic heterocycles. The molecule has 0 aliphatic carbocycles. The van der Waals surface area contributed by atoms with Crippen molar-refractivity contribution in [1.82, 2.24) is 9.80 Å². The molecule has 1 amide bonds. The molecule has 0 aromatic rings. The van der Waals surface area contributed by atoms with Crippen molar-refractivity contribution in [2.45, 2.75) is 162 Å². The summed E-state index contributed by atoms with van der Waals surface area (Å²) in [5.74, 6) is 0.486. The summed E-state index contributed by atoms with van der Waals surface area (Å²) in [5.41, 5.74) is 0. The molecule has 1 aliphatic rings. The highest BCUT2D eigenvalue weighted by Gasteiger charge is 2.25. The van der Waals surface area contributed by atoms with Gasteiger partial charge in [-0.25, -0.2) is 4.79 Å². The summed E-state index contributed by atoms with van der Waals surface area (Å²) in [5, 5.41) is 9.27. The van der Waals surface area contributed by atoms with Crippen molar-refractivity contribution >= 4 is 12.1 Å². The molecule has 1 unspecified atom stereocenters. The summed E-state index contributed by atoms with van der Waals surface area (Å²) in [6.07, 6.45) is 27.4. The Morgan fingerprint density at radius 3 is 1.73 bits per heavy atom. The molecule has 1 heterocycles. The van der Waals surface area contributed by atoms with E-state index in [0.29, 0.717) is 32.0 Å². The Kier molecular flexibility index (Phi) is 24.4. The molecule has 0 radical (unpaired) electrons. The van der Waals surface area contributed by atoms with Crippen molar-refractivity contribution in [2.75, 3.05) is 39.3 Å². The molecule has 0 spiro atoms. The minimum absolute atomic E-state index is 0.0296. The maximum atomic E-state index is 11.8. The Balaban J connectivity index is 2.17. The molecule has 6 nitrogen and oxygen atoms in total. The number of amides is 1. The third kappa shape index (κ3) is 21.4. The lowest BCUT2D eigenvalue weighted by atomic mass is 10.0. The number of nitrogens with zero attached hydrogens (tertiary/aromatic N) is 2. The van der Waals surface area contributed by atoms with Crippen molar-refractivity contribution in [3.8, 4) is 0 Å². The minimum Gasteiger partial charge on any atom is -0.466 e. The van der Waals surface area contributed by atoms with Crippen molar-refractivity contribution in [2.24, 2.45) is 5.92 Å². The second kappa shape index (κ2) is 26.6. The molecule has 40 heavy (non-hydrogen) atoms. The summed E-state index contributed by atoms with van der Waals surface area (Å²) in [7, 11) is 0. The molecule has 0 bridgehead atoms. The number of esters is 1. The summed E-state index contributed by atoms with van der Waals surface area (Å²) >= 11 is 0. The Morgan fingerprint density at radius 2 is 1.20 bits per heavy atom. The van der Waals surface area contributed by atoms with Gasteiger partial charge in [0, 0.05) is 19.5 Å². The van der Waals surface area contributed by atoms with Crippen LogP contribution in [0.15, 0.2) is 0 Å². The van der Waals surface area contributed by atoms with Crippen molar-refractivity contribution < 1.29 is 19.4 Å². The first-order valence-corrected chi connectivity index (χ1v) is 17.4. The van der Waals surface area contributed by atoms with Gasteiger partial charge in [-0.15, -0.1) is 0 Å². The lowest BCUT2D eigenvalue weighted by Crippen LogP contribution is -2.30. The molecular formula is C34H66N2O4. The third-order valence-electron chi connectivity index (χ3n) is 8.60. The molecule has 236 valence electrons. The van der Waals surface area contributed by atoms with Crippen molar-refractivity contribution in [3.63, 3.8) is 0 Å². The summed E-state index contributed by atoms with van der Waals surface area (Å²) < 4.78 is 5.31. The quantitative estimate of drug-likeness (QED) is 0.0754. The van der Waals surface area contributed by atoms with Gasteiger partial charge in [0.25, 0.3) is 0 Å². The van der Waals surface area contributed by atoms with Gasteiger partial charge >= 0.3 is 12.1 Å². The molecule has 1 N–H and O–H groups in total.